The summed E-state index contributed by atoms with van der Waals surface area (Å²) < 4.78 is 16.2. The summed E-state index contributed by atoms with van der Waals surface area (Å²) in [5.41, 5.74) is 0.804. The third-order valence-corrected chi connectivity index (χ3v) is 3.06. The fourth-order valence-corrected chi connectivity index (χ4v) is 2.07. The van der Waals surface area contributed by atoms with Crippen molar-refractivity contribution in [2.75, 3.05) is 0 Å². The first-order chi connectivity index (χ1) is 11.1. The lowest BCUT2D eigenvalue weighted by Gasteiger charge is -2.06. The first-order valence-corrected chi connectivity index (χ1v) is 7.25. The highest BCUT2D eigenvalue weighted by Crippen LogP contribution is 2.22. The van der Waals surface area contributed by atoms with E-state index in [1.807, 2.05) is 24.3 Å². The molecule has 0 fully saturated rings. The molecule has 6 heteroatoms. The van der Waals surface area contributed by atoms with Gasteiger partial charge in [-0.1, -0.05) is 12.1 Å². The van der Waals surface area contributed by atoms with E-state index in [1.165, 1.54) is 6.33 Å². The van der Waals surface area contributed by atoms with Gasteiger partial charge in [0, 0.05) is 0 Å². The quantitative estimate of drug-likeness (QED) is 0.672. The van der Waals surface area contributed by atoms with Gasteiger partial charge in [0.15, 0.2) is 0 Å². The predicted molar refractivity (Wildman–Crippen MR) is 83.1 cm³/mol. The number of rotatable bonds is 5. The maximum Gasteiger partial charge on any atom is 0.374 e. The van der Waals surface area contributed by atoms with Crippen molar-refractivity contribution in [3.63, 3.8) is 0 Å². The molecule has 0 saturated carbocycles. The van der Waals surface area contributed by atoms with Gasteiger partial charge in [0.1, 0.15) is 18.7 Å². The van der Waals surface area contributed by atoms with Crippen LogP contribution >= 0.6 is 0 Å². The number of carbonyl (C=O) groups is 1. The lowest BCUT2D eigenvalue weighted by Crippen LogP contribution is -2.10. The van der Waals surface area contributed by atoms with Crippen LogP contribution in [0.1, 0.15) is 30.2 Å². The van der Waals surface area contributed by atoms with E-state index in [0.717, 1.165) is 10.9 Å². The second kappa shape index (κ2) is 6.48. The molecule has 23 heavy (non-hydrogen) atoms. The maximum absolute atomic E-state index is 11.7. The third kappa shape index (κ3) is 3.48. The van der Waals surface area contributed by atoms with Crippen molar-refractivity contribution >= 4 is 16.9 Å². The van der Waals surface area contributed by atoms with Gasteiger partial charge in [-0.25, -0.2) is 14.8 Å². The second-order valence-corrected chi connectivity index (χ2v) is 5.20. The summed E-state index contributed by atoms with van der Waals surface area (Å²) in [6.07, 6.45) is 1.25. The molecule has 1 aromatic carbocycles. The molecule has 0 spiro atoms. The summed E-state index contributed by atoms with van der Waals surface area (Å²) in [5.74, 6) is 0.658. The molecule has 6 nitrogen and oxygen atoms in total. The molecule has 3 rings (SSSR count). The number of esters is 1. The second-order valence-electron chi connectivity index (χ2n) is 5.20. The molecule has 0 unspecified atom stereocenters. The highest BCUT2D eigenvalue weighted by Gasteiger charge is 2.14. The molecule has 0 aliphatic heterocycles. The van der Waals surface area contributed by atoms with Gasteiger partial charge in [-0.05, 0) is 38.1 Å². The van der Waals surface area contributed by atoms with E-state index in [1.54, 1.807) is 26.0 Å². The van der Waals surface area contributed by atoms with Gasteiger partial charge in [0.2, 0.25) is 11.6 Å². The number of aromatic nitrogens is 2. The van der Waals surface area contributed by atoms with Crippen molar-refractivity contribution in [3.05, 3.63) is 54.2 Å². The molecule has 0 aliphatic carbocycles. The van der Waals surface area contributed by atoms with Gasteiger partial charge in [0.05, 0.1) is 17.0 Å². The van der Waals surface area contributed by atoms with Crippen molar-refractivity contribution in [3.8, 4) is 5.88 Å². The average molecular weight is 312 g/mol. The van der Waals surface area contributed by atoms with Crippen LogP contribution in [-0.2, 0) is 11.3 Å². The molecule has 2 aromatic heterocycles. The minimum Gasteiger partial charge on any atom is -0.469 e. The van der Waals surface area contributed by atoms with Gasteiger partial charge in [-0.3, -0.25) is 0 Å². The largest absolute Gasteiger partial charge is 0.469 e. The molecule has 0 amide bonds. The van der Waals surface area contributed by atoms with Crippen molar-refractivity contribution < 1.29 is 18.7 Å². The normalized spacial score (nSPS) is 10.9. The van der Waals surface area contributed by atoms with E-state index in [2.05, 4.69) is 9.97 Å². The molecule has 0 atom stereocenters. The number of hydrogen-bond acceptors (Lipinski definition) is 6. The summed E-state index contributed by atoms with van der Waals surface area (Å²) in [7, 11) is 0. The van der Waals surface area contributed by atoms with Crippen molar-refractivity contribution in [2.24, 2.45) is 0 Å². The topological polar surface area (TPSA) is 74.5 Å². The molecule has 0 radical (unpaired) electrons. The van der Waals surface area contributed by atoms with Crippen LogP contribution in [0.2, 0.25) is 0 Å². The zero-order valence-corrected chi connectivity index (χ0v) is 12.9. The van der Waals surface area contributed by atoms with E-state index in [-0.39, 0.29) is 18.5 Å². The Morgan fingerprint density at radius 1 is 1.17 bits per heavy atom. The van der Waals surface area contributed by atoms with Crippen LogP contribution in [0.3, 0.4) is 0 Å². The number of ether oxygens (including phenoxy) is 2. The summed E-state index contributed by atoms with van der Waals surface area (Å²) in [4.78, 5) is 20.1. The van der Waals surface area contributed by atoms with Gasteiger partial charge in [0.25, 0.3) is 0 Å². The lowest BCUT2D eigenvalue weighted by atomic mass is 10.2. The van der Waals surface area contributed by atoms with Crippen LogP contribution in [0.25, 0.3) is 10.9 Å². The Bertz CT molecular complexity index is 821. The highest BCUT2D eigenvalue weighted by molar-refractivity contribution is 5.86. The number of carbonyl (C=O) groups excluding carboxylic acids is 1. The fourth-order valence-electron chi connectivity index (χ4n) is 2.07. The van der Waals surface area contributed by atoms with E-state index < -0.39 is 5.97 Å². The van der Waals surface area contributed by atoms with Crippen LogP contribution in [0.5, 0.6) is 5.88 Å². The molecule has 0 bridgehead atoms. The average Bonchev–Trinajstić information content (AvgIpc) is 3.01. The minimum atomic E-state index is -0.487. The van der Waals surface area contributed by atoms with E-state index in [9.17, 15) is 4.79 Å². The third-order valence-electron chi connectivity index (χ3n) is 3.06. The maximum atomic E-state index is 11.7. The number of para-hydroxylation sites is 1. The van der Waals surface area contributed by atoms with E-state index in [4.69, 9.17) is 13.9 Å². The fraction of sp³-hybridized carbons (Fsp3) is 0.235. The monoisotopic (exact) mass is 312 g/mol. The van der Waals surface area contributed by atoms with Crippen LogP contribution in [0.15, 0.2) is 47.1 Å². The smallest absolute Gasteiger partial charge is 0.374 e. The van der Waals surface area contributed by atoms with Crippen LogP contribution < -0.4 is 4.74 Å². The zero-order valence-electron chi connectivity index (χ0n) is 12.9. The Kier molecular flexibility index (Phi) is 4.23. The number of fused-ring (bicyclic) bond motifs is 1. The molecular weight excluding hydrogens is 296 g/mol. The van der Waals surface area contributed by atoms with E-state index >= 15 is 0 Å². The lowest BCUT2D eigenvalue weighted by molar-refractivity contribution is 0.0337. The first-order valence-electron chi connectivity index (χ1n) is 7.25. The van der Waals surface area contributed by atoms with Crippen molar-refractivity contribution in [1.29, 1.82) is 0 Å². The minimum absolute atomic E-state index is 0.157. The summed E-state index contributed by atoms with van der Waals surface area (Å²) >= 11 is 0. The molecule has 0 aliphatic rings. The Labute approximate surface area is 133 Å². The Morgan fingerprint density at radius 3 is 2.83 bits per heavy atom. The summed E-state index contributed by atoms with van der Waals surface area (Å²) in [5, 5.41) is 0.820. The van der Waals surface area contributed by atoms with Gasteiger partial charge < -0.3 is 13.9 Å². The standard InChI is InChI=1S/C17H16N2O4/c1-11(2)22-17(20)15-8-7-12(23-15)9-21-16-13-5-3-4-6-14(13)18-10-19-16/h3-8,10-11H,9H2,1-2H3. The molecule has 118 valence electrons. The molecule has 3 aromatic rings. The van der Waals surface area contributed by atoms with Gasteiger partial charge in [-0.15, -0.1) is 0 Å². The number of benzene rings is 1. The van der Waals surface area contributed by atoms with E-state index in [0.29, 0.717) is 11.6 Å². The Morgan fingerprint density at radius 2 is 2.00 bits per heavy atom. The zero-order chi connectivity index (χ0) is 16.2. The summed E-state index contributed by atoms with van der Waals surface area (Å²) in [6.45, 7) is 3.73. The number of hydrogen-bond donors (Lipinski definition) is 0. The van der Waals surface area contributed by atoms with Crippen molar-refractivity contribution in [2.45, 2.75) is 26.6 Å². The summed E-state index contributed by atoms with van der Waals surface area (Å²) in [6, 6.07) is 10.8. The molecule has 0 N–H and O–H groups in total. The highest BCUT2D eigenvalue weighted by atomic mass is 16.6. The molecule has 0 saturated heterocycles. The van der Waals surface area contributed by atoms with Crippen LogP contribution in [0, 0.1) is 0 Å². The van der Waals surface area contributed by atoms with Gasteiger partial charge in [-0.2, -0.15) is 0 Å². The van der Waals surface area contributed by atoms with Crippen LogP contribution in [0.4, 0.5) is 0 Å². The van der Waals surface area contributed by atoms with Crippen molar-refractivity contribution in [1.82, 2.24) is 9.97 Å². The van der Waals surface area contributed by atoms with Crippen LogP contribution in [-0.4, -0.2) is 22.0 Å². The number of nitrogens with zero attached hydrogens (tertiary/aromatic N) is 2. The van der Waals surface area contributed by atoms with Gasteiger partial charge >= 0.3 is 5.97 Å². The first kappa shape index (κ1) is 15.0. The SMILES string of the molecule is CC(C)OC(=O)c1ccc(COc2ncnc3ccccc23)o1. The predicted octanol–water partition coefficient (Wildman–Crippen LogP) is 3.37. The Hall–Kier alpha value is -2.89. The molecular formula is C17H16N2O4. The Balaban J connectivity index is 1.71. The number of furan rings is 1. The molecule has 2 heterocycles.